The Morgan fingerprint density at radius 2 is 1.85 bits per heavy atom. The molecule has 0 unspecified atom stereocenters. The Hall–Kier alpha value is -2.02. The zero-order valence-corrected chi connectivity index (χ0v) is 17.0. The molecule has 0 atom stereocenters. The number of ether oxygens (including phenoxy) is 1. The first-order valence-electron chi connectivity index (χ1n) is 9.18. The molecule has 1 aromatic carbocycles. The van der Waals surface area contributed by atoms with E-state index in [4.69, 9.17) is 4.74 Å². The molecule has 1 fully saturated rings. The number of hydrogen-bond acceptors (Lipinski definition) is 5. The number of amides is 2. The minimum absolute atomic E-state index is 0.121. The quantitative estimate of drug-likeness (QED) is 0.697. The number of nitrogens with one attached hydrogen (secondary N) is 2. The molecule has 0 aliphatic heterocycles. The highest BCUT2D eigenvalue weighted by Gasteiger charge is 2.43. The molecule has 27 heavy (non-hydrogen) atoms. The van der Waals surface area contributed by atoms with Crippen LogP contribution >= 0.6 is 11.8 Å². The third kappa shape index (κ3) is 6.27. The first-order chi connectivity index (χ1) is 12.8. The van der Waals surface area contributed by atoms with Crippen LogP contribution in [-0.4, -0.2) is 41.9 Å². The van der Waals surface area contributed by atoms with Crippen molar-refractivity contribution < 1.29 is 19.1 Å². The Kier molecular flexibility index (Phi) is 7.71. The van der Waals surface area contributed by atoms with Gasteiger partial charge in [0.2, 0.25) is 11.8 Å². The van der Waals surface area contributed by atoms with Gasteiger partial charge in [-0.25, -0.2) is 4.79 Å². The number of aryl methyl sites for hydroxylation is 1. The largest absolute Gasteiger partial charge is 0.467 e. The van der Waals surface area contributed by atoms with Gasteiger partial charge in [-0.1, -0.05) is 19.1 Å². The normalized spacial score (nSPS) is 22.0. The molecule has 0 spiro atoms. The van der Waals surface area contributed by atoms with Gasteiger partial charge in [0.05, 0.1) is 18.6 Å². The molecule has 2 N–H and O–H groups in total. The summed E-state index contributed by atoms with van der Waals surface area (Å²) in [5.41, 5.74) is 0.878. The molecule has 1 aliphatic carbocycles. The molecular weight excluding hydrogens is 364 g/mol. The van der Waals surface area contributed by atoms with Gasteiger partial charge in [-0.05, 0) is 56.2 Å². The standard InChI is InChI=1S/C20H28N2O4S/c1-14-7-9-20(10-8-14,19(25)26-3)22-18(24)13-27-12-17(23)21-16-6-4-5-15(2)11-16/h4-6,11,14H,7-10,12-13H2,1-3H3,(H,21,23)(H,22,24). The van der Waals surface area contributed by atoms with Gasteiger partial charge < -0.3 is 15.4 Å². The first kappa shape index (κ1) is 21.3. The summed E-state index contributed by atoms with van der Waals surface area (Å²) in [5.74, 6) is 0.0410. The van der Waals surface area contributed by atoms with Gasteiger partial charge in [-0.2, -0.15) is 0 Å². The summed E-state index contributed by atoms with van der Waals surface area (Å²) in [6.45, 7) is 4.10. The van der Waals surface area contributed by atoms with Crippen molar-refractivity contribution in [2.45, 2.75) is 45.1 Å². The van der Waals surface area contributed by atoms with E-state index in [2.05, 4.69) is 17.6 Å². The second-order valence-corrected chi connectivity index (χ2v) is 8.20. The molecule has 148 valence electrons. The van der Waals surface area contributed by atoms with Crippen molar-refractivity contribution in [1.82, 2.24) is 5.32 Å². The van der Waals surface area contributed by atoms with Crippen LogP contribution < -0.4 is 10.6 Å². The predicted molar refractivity (Wildman–Crippen MR) is 108 cm³/mol. The lowest BCUT2D eigenvalue weighted by atomic mass is 9.77. The third-order valence-corrected chi connectivity index (χ3v) is 5.78. The second-order valence-electron chi connectivity index (χ2n) is 7.21. The molecule has 2 rings (SSSR count). The average molecular weight is 393 g/mol. The Labute approximate surface area is 164 Å². The molecule has 6 nitrogen and oxygen atoms in total. The van der Waals surface area contributed by atoms with Crippen LogP contribution in [0.3, 0.4) is 0 Å². The number of thioether (sulfide) groups is 1. The van der Waals surface area contributed by atoms with Crippen LogP contribution in [0.1, 0.15) is 38.2 Å². The summed E-state index contributed by atoms with van der Waals surface area (Å²) < 4.78 is 4.92. The zero-order valence-electron chi connectivity index (χ0n) is 16.2. The molecule has 7 heteroatoms. The Bertz CT molecular complexity index is 684. The number of anilines is 1. The van der Waals surface area contributed by atoms with Crippen LogP contribution in [-0.2, 0) is 19.1 Å². The Morgan fingerprint density at radius 1 is 1.19 bits per heavy atom. The van der Waals surface area contributed by atoms with Crippen molar-refractivity contribution >= 4 is 35.2 Å². The number of hydrogen-bond donors (Lipinski definition) is 2. The van der Waals surface area contributed by atoms with E-state index >= 15 is 0 Å². The fraction of sp³-hybridized carbons (Fsp3) is 0.550. The van der Waals surface area contributed by atoms with Crippen LogP contribution in [0.2, 0.25) is 0 Å². The number of benzene rings is 1. The van der Waals surface area contributed by atoms with Gasteiger partial charge in [0.1, 0.15) is 5.54 Å². The predicted octanol–water partition coefficient (Wildman–Crippen LogP) is 2.90. The van der Waals surface area contributed by atoms with Crippen LogP contribution in [0.15, 0.2) is 24.3 Å². The van der Waals surface area contributed by atoms with Gasteiger partial charge in [-0.3, -0.25) is 9.59 Å². The van der Waals surface area contributed by atoms with Crippen molar-refractivity contribution in [2.24, 2.45) is 5.92 Å². The van der Waals surface area contributed by atoms with Gasteiger partial charge >= 0.3 is 5.97 Å². The lowest BCUT2D eigenvalue weighted by Gasteiger charge is -2.37. The summed E-state index contributed by atoms with van der Waals surface area (Å²) in [7, 11) is 1.35. The zero-order chi connectivity index (χ0) is 19.9. The highest BCUT2D eigenvalue weighted by atomic mass is 32.2. The van der Waals surface area contributed by atoms with Gasteiger partial charge in [0.15, 0.2) is 0 Å². The Morgan fingerprint density at radius 3 is 2.48 bits per heavy atom. The average Bonchev–Trinajstić information content (AvgIpc) is 2.63. The van der Waals surface area contributed by atoms with Gasteiger partial charge in [0.25, 0.3) is 0 Å². The maximum Gasteiger partial charge on any atom is 0.331 e. The molecule has 0 heterocycles. The fourth-order valence-electron chi connectivity index (χ4n) is 3.29. The third-order valence-electron chi connectivity index (χ3n) is 4.85. The second kappa shape index (κ2) is 9.78. The van der Waals surface area contributed by atoms with E-state index < -0.39 is 5.54 Å². The molecule has 0 bridgehead atoms. The highest BCUT2D eigenvalue weighted by Crippen LogP contribution is 2.33. The molecule has 0 radical (unpaired) electrons. The summed E-state index contributed by atoms with van der Waals surface area (Å²) in [4.78, 5) is 36.6. The van der Waals surface area contributed by atoms with Crippen molar-refractivity contribution in [3.63, 3.8) is 0 Å². The van der Waals surface area contributed by atoms with E-state index in [-0.39, 0.29) is 29.3 Å². The summed E-state index contributed by atoms with van der Waals surface area (Å²) in [5, 5.41) is 5.68. The summed E-state index contributed by atoms with van der Waals surface area (Å²) >= 11 is 1.22. The molecule has 2 amide bonds. The SMILES string of the molecule is COC(=O)C1(NC(=O)CSCC(=O)Nc2cccc(C)c2)CCC(C)CC1. The van der Waals surface area contributed by atoms with E-state index in [1.807, 2.05) is 31.2 Å². The van der Waals surface area contributed by atoms with E-state index in [9.17, 15) is 14.4 Å². The van der Waals surface area contributed by atoms with Crippen LogP contribution in [0.25, 0.3) is 0 Å². The molecule has 1 aliphatic rings. The molecule has 0 aromatic heterocycles. The lowest BCUT2D eigenvalue weighted by Crippen LogP contribution is -2.57. The van der Waals surface area contributed by atoms with E-state index in [0.29, 0.717) is 18.8 Å². The van der Waals surface area contributed by atoms with Crippen molar-refractivity contribution in [1.29, 1.82) is 0 Å². The van der Waals surface area contributed by atoms with Crippen LogP contribution in [0.5, 0.6) is 0 Å². The van der Waals surface area contributed by atoms with Gasteiger partial charge in [0, 0.05) is 5.69 Å². The molecule has 1 saturated carbocycles. The molecule has 0 saturated heterocycles. The van der Waals surface area contributed by atoms with E-state index in [1.54, 1.807) is 0 Å². The van der Waals surface area contributed by atoms with E-state index in [1.165, 1.54) is 18.9 Å². The minimum atomic E-state index is -0.928. The number of rotatable bonds is 7. The fourth-order valence-corrected chi connectivity index (χ4v) is 3.91. The lowest BCUT2D eigenvalue weighted by molar-refractivity contribution is -0.152. The van der Waals surface area contributed by atoms with Crippen LogP contribution in [0.4, 0.5) is 5.69 Å². The smallest absolute Gasteiger partial charge is 0.331 e. The Balaban J connectivity index is 1.80. The van der Waals surface area contributed by atoms with Crippen molar-refractivity contribution in [3.05, 3.63) is 29.8 Å². The molecular formula is C20H28N2O4S. The molecule has 1 aromatic rings. The highest BCUT2D eigenvalue weighted by molar-refractivity contribution is 8.00. The maximum atomic E-state index is 12.3. The van der Waals surface area contributed by atoms with E-state index in [0.717, 1.165) is 24.1 Å². The van der Waals surface area contributed by atoms with Crippen molar-refractivity contribution in [2.75, 3.05) is 23.9 Å². The van der Waals surface area contributed by atoms with Gasteiger partial charge in [-0.15, -0.1) is 11.8 Å². The summed E-state index contributed by atoms with van der Waals surface area (Å²) in [6.07, 6.45) is 2.93. The monoisotopic (exact) mass is 392 g/mol. The maximum absolute atomic E-state index is 12.3. The number of carbonyl (C=O) groups excluding carboxylic acids is 3. The topological polar surface area (TPSA) is 84.5 Å². The number of esters is 1. The van der Waals surface area contributed by atoms with Crippen LogP contribution in [0, 0.1) is 12.8 Å². The number of carbonyl (C=O) groups is 3. The summed E-state index contributed by atoms with van der Waals surface area (Å²) in [6, 6.07) is 7.55. The minimum Gasteiger partial charge on any atom is -0.467 e. The number of methoxy groups -OCH3 is 1. The first-order valence-corrected chi connectivity index (χ1v) is 10.3. The van der Waals surface area contributed by atoms with Crippen molar-refractivity contribution in [3.8, 4) is 0 Å².